The number of hydrogen-bond donors (Lipinski definition) is 1. The molecule has 9 heteroatoms. The Labute approximate surface area is 172 Å². The maximum absolute atomic E-state index is 12.6. The highest BCUT2D eigenvalue weighted by atomic mass is 19.4. The van der Waals surface area contributed by atoms with Gasteiger partial charge in [-0.1, -0.05) is 0 Å². The molecule has 2 aliphatic rings. The van der Waals surface area contributed by atoms with Gasteiger partial charge < -0.3 is 15.0 Å². The zero-order valence-corrected chi connectivity index (χ0v) is 17.0. The average molecular weight is 420 g/mol. The van der Waals surface area contributed by atoms with E-state index in [-0.39, 0.29) is 18.1 Å². The van der Waals surface area contributed by atoms with E-state index in [1.807, 2.05) is 25.8 Å². The molecular formula is C21H23F3N4O2. The van der Waals surface area contributed by atoms with Gasteiger partial charge in [0.05, 0.1) is 17.4 Å². The number of benzene rings is 1. The van der Waals surface area contributed by atoms with E-state index in [2.05, 4.69) is 15.3 Å². The van der Waals surface area contributed by atoms with Crippen LogP contribution in [0.4, 0.5) is 24.7 Å². The lowest BCUT2D eigenvalue weighted by Gasteiger charge is -2.36. The number of nitrogens with zero attached hydrogens (tertiary/aromatic N) is 3. The number of hydrogen-bond acceptors (Lipinski definition) is 5. The molecule has 1 aromatic heterocycles. The summed E-state index contributed by atoms with van der Waals surface area (Å²) in [5.41, 5.74) is 0.706. The normalized spacial score (nSPS) is 23.5. The van der Waals surface area contributed by atoms with Gasteiger partial charge in [-0.3, -0.25) is 4.79 Å². The molecule has 1 aromatic carbocycles. The Balaban J connectivity index is 1.35. The summed E-state index contributed by atoms with van der Waals surface area (Å²) in [7, 11) is 1.84. The van der Waals surface area contributed by atoms with E-state index in [9.17, 15) is 18.0 Å². The fourth-order valence-electron chi connectivity index (χ4n) is 3.80. The van der Waals surface area contributed by atoms with Crippen LogP contribution in [0.3, 0.4) is 0 Å². The van der Waals surface area contributed by atoms with Crippen LogP contribution in [0.15, 0.2) is 24.3 Å². The van der Waals surface area contributed by atoms with Gasteiger partial charge >= 0.3 is 6.18 Å². The zero-order chi connectivity index (χ0) is 21.6. The molecule has 0 radical (unpaired) electrons. The van der Waals surface area contributed by atoms with Crippen LogP contribution >= 0.6 is 0 Å². The number of likely N-dealkylation sites (N-methyl/N-ethyl adjacent to an activating group) is 1. The molecule has 1 fully saturated rings. The Hall–Kier alpha value is -2.84. The number of alkyl halides is 3. The summed E-state index contributed by atoms with van der Waals surface area (Å²) in [6.07, 6.45) is -2.08. The molecule has 1 amide bonds. The maximum Gasteiger partial charge on any atom is 0.416 e. The van der Waals surface area contributed by atoms with Gasteiger partial charge in [0.25, 0.3) is 0 Å². The van der Waals surface area contributed by atoms with Crippen molar-refractivity contribution in [3.8, 4) is 5.75 Å². The number of ether oxygens (including phenoxy) is 1. The van der Waals surface area contributed by atoms with Gasteiger partial charge in [0.1, 0.15) is 23.3 Å². The molecule has 1 aliphatic carbocycles. The van der Waals surface area contributed by atoms with Crippen LogP contribution < -0.4 is 15.0 Å². The molecule has 0 spiro atoms. The minimum absolute atomic E-state index is 0.0209. The van der Waals surface area contributed by atoms with Crippen LogP contribution in [0, 0.1) is 12.8 Å². The highest BCUT2D eigenvalue weighted by Crippen LogP contribution is 2.36. The number of amides is 1. The lowest BCUT2D eigenvalue weighted by atomic mass is 9.80. The molecule has 1 aliphatic heterocycles. The predicted molar refractivity (Wildman–Crippen MR) is 106 cm³/mol. The fourth-order valence-corrected chi connectivity index (χ4v) is 3.80. The number of carbonyl (C=O) groups excluding carboxylic acids is 1. The van der Waals surface area contributed by atoms with Gasteiger partial charge in [0.2, 0.25) is 5.91 Å². The topological polar surface area (TPSA) is 67.4 Å². The summed E-state index contributed by atoms with van der Waals surface area (Å²) in [5, 5.41) is 2.87. The Kier molecular flexibility index (Phi) is 5.07. The largest absolute Gasteiger partial charge is 0.490 e. The zero-order valence-electron chi connectivity index (χ0n) is 17.0. The number of aryl methyl sites for hydroxylation is 1. The van der Waals surface area contributed by atoms with Crippen molar-refractivity contribution in [3.05, 3.63) is 41.3 Å². The standard InChI is InChI=1S/C21H23F3N4O2/c1-11-18-19(28(3)12(2)20(29)27-18)26-17(25-11)10-13-8-16(9-13)30-15-6-4-14(5-7-15)21(22,23)24/h4-7,12-13,16H,8-10H2,1-3H3,(H,27,29)/t12-,13?,16?/m0/s1. The smallest absolute Gasteiger partial charge is 0.416 e. The van der Waals surface area contributed by atoms with Crippen LogP contribution in [-0.2, 0) is 17.4 Å². The lowest BCUT2D eigenvalue weighted by molar-refractivity contribution is -0.137. The molecule has 1 saturated carbocycles. The Morgan fingerprint density at radius 1 is 1.20 bits per heavy atom. The van der Waals surface area contributed by atoms with Crippen molar-refractivity contribution >= 4 is 17.4 Å². The Morgan fingerprint density at radius 3 is 2.50 bits per heavy atom. The average Bonchev–Trinajstić information content (AvgIpc) is 2.65. The van der Waals surface area contributed by atoms with Crippen molar-refractivity contribution in [1.29, 1.82) is 0 Å². The van der Waals surface area contributed by atoms with Gasteiger partial charge in [-0.15, -0.1) is 0 Å². The monoisotopic (exact) mass is 420 g/mol. The molecule has 0 unspecified atom stereocenters. The number of nitrogens with one attached hydrogen (secondary N) is 1. The second-order valence-electron chi connectivity index (χ2n) is 8.00. The molecule has 6 nitrogen and oxygen atoms in total. The van der Waals surface area contributed by atoms with E-state index in [0.29, 0.717) is 23.8 Å². The first-order chi connectivity index (χ1) is 14.1. The Morgan fingerprint density at radius 2 is 1.87 bits per heavy atom. The van der Waals surface area contributed by atoms with Gasteiger partial charge in [-0.2, -0.15) is 13.2 Å². The quantitative estimate of drug-likeness (QED) is 0.811. The van der Waals surface area contributed by atoms with Crippen LogP contribution in [0.1, 0.15) is 36.8 Å². The summed E-state index contributed by atoms with van der Waals surface area (Å²) >= 11 is 0. The lowest BCUT2D eigenvalue weighted by Crippen LogP contribution is -2.45. The fraction of sp³-hybridized carbons (Fsp3) is 0.476. The third-order valence-corrected chi connectivity index (χ3v) is 5.81. The van der Waals surface area contributed by atoms with Gasteiger partial charge in [-0.05, 0) is 56.9 Å². The van der Waals surface area contributed by atoms with Gasteiger partial charge in [0.15, 0.2) is 5.82 Å². The predicted octanol–water partition coefficient (Wildman–Crippen LogP) is 3.98. The second kappa shape index (κ2) is 7.45. The van der Waals surface area contributed by atoms with Crippen molar-refractivity contribution in [2.75, 3.05) is 17.3 Å². The molecule has 30 heavy (non-hydrogen) atoms. The number of fused-ring (bicyclic) bond motifs is 1. The van der Waals surface area contributed by atoms with Crippen LogP contribution in [0.2, 0.25) is 0 Å². The van der Waals surface area contributed by atoms with Crippen molar-refractivity contribution in [3.63, 3.8) is 0 Å². The third kappa shape index (κ3) is 3.93. The molecule has 0 bridgehead atoms. The molecular weight excluding hydrogens is 397 g/mol. The first kappa shape index (κ1) is 20.4. The van der Waals surface area contributed by atoms with Crippen LogP contribution in [0.25, 0.3) is 0 Å². The van der Waals surface area contributed by atoms with E-state index in [4.69, 9.17) is 4.74 Å². The molecule has 2 aromatic rings. The maximum atomic E-state index is 12.6. The van der Waals surface area contributed by atoms with Crippen molar-refractivity contribution in [1.82, 2.24) is 9.97 Å². The van der Waals surface area contributed by atoms with Crippen molar-refractivity contribution < 1.29 is 22.7 Å². The molecule has 4 rings (SSSR count). The summed E-state index contributed by atoms with van der Waals surface area (Å²) in [6, 6.07) is 4.48. The van der Waals surface area contributed by atoms with Gasteiger partial charge in [-0.25, -0.2) is 9.97 Å². The van der Waals surface area contributed by atoms with Crippen molar-refractivity contribution in [2.45, 2.75) is 51.4 Å². The van der Waals surface area contributed by atoms with E-state index >= 15 is 0 Å². The first-order valence-corrected chi connectivity index (χ1v) is 9.87. The number of carbonyl (C=O) groups is 1. The summed E-state index contributed by atoms with van der Waals surface area (Å²) in [6.45, 7) is 3.68. The van der Waals surface area contributed by atoms with E-state index in [1.54, 1.807) is 0 Å². The molecule has 160 valence electrons. The second-order valence-corrected chi connectivity index (χ2v) is 8.00. The third-order valence-electron chi connectivity index (χ3n) is 5.81. The van der Waals surface area contributed by atoms with Gasteiger partial charge in [0, 0.05) is 13.5 Å². The summed E-state index contributed by atoms with van der Waals surface area (Å²) in [5.74, 6) is 2.16. The van der Waals surface area contributed by atoms with Crippen molar-refractivity contribution in [2.24, 2.45) is 5.92 Å². The highest BCUT2D eigenvalue weighted by molar-refractivity contribution is 6.02. The van der Waals surface area contributed by atoms with Crippen LogP contribution in [-0.4, -0.2) is 35.1 Å². The molecule has 0 saturated heterocycles. The number of anilines is 2. The Bertz CT molecular complexity index is 956. The minimum Gasteiger partial charge on any atom is -0.490 e. The minimum atomic E-state index is -4.35. The number of rotatable bonds is 4. The highest BCUT2D eigenvalue weighted by Gasteiger charge is 2.34. The van der Waals surface area contributed by atoms with E-state index < -0.39 is 11.7 Å². The summed E-state index contributed by atoms with van der Waals surface area (Å²) < 4.78 is 43.7. The van der Waals surface area contributed by atoms with E-state index in [0.717, 1.165) is 42.3 Å². The summed E-state index contributed by atoms with van der Waals surface area (Å²) in [4.78, 5) is 23.1. The number of halogens is 3. The number of aromatic nitrogens is 2. The molecule has 2 heterocycles. The SMILES string of the molecule is Cc1nc(CC2CC(Oc3ccc(C(F)(F)F)cc3)C2)nc2c1NC(=O)[C@H](C)N2C. The first-order valence-electron chi connectivity index (χ1n) is 9.87. The molecule has 1 atom stereocenters. The molecule has 1 N–H and O–H groups in total. The van der Waals surface area contributed by atoms with E-state index in [1.165, 1.54) is 12.1 Å². The van der Waals surface area contributed by atoms with Crippen LogP contribution in [0.5, 0.6) is 5.75 Å².